The molecule has 2 aromatic heterocycles. The molecule has 0 bridgehead atoms. The lowest BCUT2D eigenvalue weighted by atomic mass is 9.98. The van der Waals surface area contributed by atoms with E-state index < -0.39 is 23.2 Å². The van der Waals surface area contributed by atoms with E-state index >= 15 is 0 Å². The number of pyridine rings is 1. The fourth-order valence-electron chi connectivity index (χ4n) is 4.09. The van der Waals surface area contributed by atoms with Crippen molar-refractivity contribution in [3.63, 3.8) is 0 Å². The summed E-state index contributed by atoms with van der Waals surface area (Å²) in [7, 11) is 0. The van der Waals surface area contributed by atoms with Crippen molar-refractivity contribution in [1.29, 1.82) is 0 Å². The van der Waals surface area contributed by atoms with E-state index in [0.29, 0.717) is 11.4 Å². The minimum absolute atomic E-state index is 0.0585. The highest BCUT2D eigenvalue weighted by Gasteiger charge is 2.47. The molecule has 0 unspecified atom stereocenters. The summed E-state index contributed by atoms with van der Waals surface area (Å²) >= 11 is 0. The number of imide groups is 1. The van der Waals surface area contributed by atoms with E-state index in [1.807, 2.05) is 46.8 Å². The predicted molar refractivity (Wildman–Crippen MR) is 126 cm³/mol. The van der Waals surface area contributed by atoms with Gasteiger partial charge in [-0.3, -0.25) is 24.4 Å². The Morgan fingerprint density at radius 3 is 2.12 bits per heavy atom. The average molecular weight is 464 g/mol. The lowest BCUT2D eigenvalue weighted by molar-refractivity contribution is -0.577. The molecule has 0 saturated carbocycles. The van der Waals surface area contributed by atoms with E-state index in [-0.39, 0.29) is 35.2 Å². The zero-order valence-corrected chi connectivity index (χ0v) is 19.9. The summed E-state index contributed by atoms with van der Waals surface area (Å²) in [5.74, 6) is -1.45. The number of nitrogens with one attached hydrogen (secondary N) is 1. The molecule has 0 saturated heterocycles. The summed E-state index contributed by atoms with van der Waals surface area (Å²) in [4.78, 5) is 42.0. The van der Waals surface area contributed by atoms with Crippen LogP contribution in [-0.2, 0) is 9.59 Å². The van der Waals surface area contributed by atoms with Crippen LogP contribution in [0.1, 0.15) is 50.4 Å². The van der Waals surface area contributed by atoms with Crippen LogP contribution >= 0.6 is 0 Å². The smallest absolute Gasteiger partial charge is 0.294 e. The van der Waals surface area contributed by atoms with E-state index in [9.17, 15) is 18.8 Å². The van der Waals surface area contributed by atoms with Crippen molar-refractivity contribution in [2.75, 3.05) is 6.54 Å². The summed E-state index contributed by atoms with van der Waals surface area (Å²) in [6, 6.07) is 9.17. The Kier molecular flexibility index (Phi) is 6.08. The number of H-pyrrole nitrogens is 1. The zero-order valence-electron chi connectivity index (χ0n) is 19.9. The van der Waals surface area contributed by atoms with Crippen LogP contribution < -0.4 is 10.1 Å². The molecule has 8 heteroatoms. The van der Waals surface area contributed by atoms with Crippen LogP contribution in [0.3, 0.4) is 0 Å². The first-order chi connectivity index (χ1) is 16.1. The molecule has 1 aliphatic heterocycles. The molecule has 2 amide bonds. The highest BCUT2D eigenvalue weighted by atomic mass is 19.1. The van der Waals surface area contributed by atoms with E-state index in [4.69, 9.17) is 0 Å². The summed E-state index contributed by atoms with van der Waals surface area (Å²) in [6.45, 7) is 9.82. The van der Waals surface area contributed by atoms with Crippen molar-refractivity contribution < 1.29 is 18.5 Å². The number of aromatic amines is 1. The molecular weight excluding hydrogens is 435 g/mol. The average Bonchev–Trinajstić information content (AvgIpc) is 3.24. The molecule has 0 radical (unpaired) electrons. The van der Waals surface area contributed by atoms with Gasteiger partial charge in [0.25, 0.3) is 17.2 Å². The fraction of sp³-hybridized carbons (Fsp3) is 0.308. The molecule has 0 atom stereocenters. The lowest BCUT2D eigenvalue weighted by Gasteiger charge is -2.16. The monoisotopic (exact) mass is 463 g/mol. The van der Waals surface area contributed by atoms with Gasteiger partial charge < -0.3 is 0 Å². The molecule has 1 aliphatic rings. The van der Waals surface area contributed by atoms with Crippen LogP contribution in [0, 0.1) is 18.7 Å². The second-order valence-corrected chi connectivity index (χ2v) is 9.29. The van der Waals surface area contributed by atoms with Gasteiger partial charge in [-0.1, -0.05) is 27.7 Å². The third-order valence-corrected chi connectivity index (χ3v) is 5.78. The van der Waals surface area contributed by atoms with Crippen LogP contribution in [0.15, 0.2) is 53.6 Å². The first kappa shape index (κ1) is 23.4. The van der Waals surface area contributed by atoms with Gasteiger partial charge in [0.1, 0.15) is 11.4 Å². The number of benzene rings is 1. The topological polar surface area (TPSA) is 79.1 Å². The molecule has 176 valence electrons. The largest absolute Gasteiger partial charge is 0.326 e. The first-order valence-electron chi connectivity index (χ1n) is 11.3. The van der Waals surface area contributed by atoms with Crippen molar-refractivity contribution in [3.05, 3.63) is 81.8 Å². The van der Waals surface area contributed by atoms with E-state index in [2.05, 4.69) is 5.10 Å². The Balaban J connectivity index is 2.01. The summed E-state index contributed by atoms with van der Waals surface area (Å²) in [5.41, 5.74) is 1.87. The maximum Gasteiger partial charge on any atom is 0.326 e. The van der Waals surface area contributed by atoms with Crippen molar-refractivity contribution in [3.8, 4) is 5.69 Å². The van der Waals surface area contributed by atoms with Gasteiger partial charge in [0.15, 0.2) is 12.4 Å². The minimum Gasteiger partial charge on any atom is -0.294 e. The predicted octanol–water partition coefficient (Wildman–Crippen LogP) is 3.42. The van der Waals surface area contributed by atoms with Crippen LogP contribution in [0.2, 0.25) is 0 Å². The number of aryl methyl sites for hydroxylation is 1. The van der Waals surface area contributed by atoms with E-state index in [1.54, 1.807) is 17.0 Å². The Bertz CT molecular complexity index is 1350. The van der Waals surface area contributed by atoms with E-state index in [0.717, 1.165) is 5.56 Å². The Morgan fingerprint density at radius 1 is 0.941 bits per heavy atom. The first-order valence-corrected chi connectivity index (χ1v) is 11.3. The van der Waals surface area contributed by atoms with Crippen LogP contribution in [0.5, 0.6) is 0 Å². The molecule has 0 fully saturated rings. The number of rotatable bonds is 6. The summed E-state index contributed by atoms with van der Waals surface area (Å²) in [6.07, 6.45) is 3.43. The summed E-state index contributed by atoms with van der Waals surface area (Å²) < 4.78 is 16.4. The standard InChI is InChI=1S/C26H27FN4O3/c1-15(2)14-30-24(32)21(23(26(30)34)29-12-10-17(5)11-13-29)20-22(16(3)4)28-31(25(20)33)19-8-6-18(27)7-9-19/h6-13,15-16H,14H2,1-5H3/p+1. The zero-order chi connectivity index (χ0) is 24.7. The number of amides is 2. The Labute approximate surface area is 197 Å². The van der Waals surface area contributed by atoms with Crippen LogP contribution in [-0.4, -0.2) is 33.0 Å². The fourth-order valence-corrected chi connectivity index (χ4v) is 4.09. The van der Waals surface area contributed by atoms with Crippen molar-refractivity contribution in [2.24, 2.45) is 5.92 Å². The van der Waals surface area contributed by atoms with Crippen LogP contribution in [0.25, 0.3) is 17.0 Å². The number of aromatic nitrogens is 3. The van der Waals surface area contributed by atoms with E-state index in [1.165, 1.54) is 33.8 Å². The number of hydrogen-bond donors (Lipinski definition) is 1. The van der Waals surface area contributed by atoms with Crippen LogP contribution in [0.4, 0.5) is 4.39 Å². The third-order valence-electron chi connectivity index (χ3n) is 5.78. The summed E-state index contributed by atoms with van der Waals surface area (Å²) in [5, 5.41) is 3.09. The molecule has 34 heavy (non-hydrogen) atoms. The molecule has 3 aromatic rings. The normalized spacial score (nSPS) is 14.3. The van der Waals surface area contributed by atoms with Crippen molar-refractivity contribution in [1.82, 2.24) is 14.7 Å². The second-order valence-electron chi connectivity index (χ2n) is 9.29. The second kappa shape index (κ2) is 8.85. The molecule has 7 nitrogen and oxygen atoms in total. The number of hydrogen-bond acceptors (Lipinski definition) is 3. The van der Waals surface area contributed by atoms with Crippen molar-refractivity contribution in [2.45, 2.75) is 40.5 Å². The minimum atomic E-state index is -0.494. The van der Waals surface area contributed by atoms with Gasteiger partial charge in [-0.25, -0.2) is 9.07 Å². The Morgan fingerprint density at radius 2 is 1.56 bits per heavy atom. The quantitative estimate of drug-likeness (QED) is 0.450. The number of carbonyl (C=O) groups excluding carboxylic acids is 2. The maximum absolute atomic E-state index is 13.7. The lowest BCUT2D eigenvalue weighted by Crippen LogP contribution is -2.40. The molecule has 3 heterocycles. The molecule has 1 N–H and O–H groups in total. The van der Waals surface area contributed by atoms with Gasteiger partial charge in [0.2, 0.25) is 0 Å². The van der Waals surface area contributed by atoms with Gasteiger partial charge in [-0.15, -0.1) is 0 Å². The Hall–Kier alpha value is -3.81. The third kappa shape index (κ3) is 4.00. The maximum atomic E-state index is 13.7. The SMILES string of the molecule is Cc1cc[n+](C2=C(c3c(C(C)C)[nH]n(-c4ccc(F)cc4)c3=O)C(=O)N(CC(C)C)C2=O)cc1. The molecular formula is C26H28FN4O3+. The van der Waals surface area contributed by atoms with Gasteiger partial charge in [-0.05, 0) is 48.6 Å². The molecule has 0 spiro atoms. The van der Waals surface area contributed by atoms with Gasteiger partial charge in [0.05, 0.1) is 11.3 Å². The van der Waals surface area contributed by atoms with Crippen molar-refractivity contribution >= 4 is 23.1 Å². The molecule has 4 rings (SSSR count). The van der Waals surface area contributed by atoms with Gasteiger partial charge >= 0.3 is 5.91 Å². The highest BCUT2D eigenvalue weighted by molar-refractivity contribution is 6.44. The molecule has 1 aromatic carbocycles. The van der Waals surface area contributed by atoms with Gasteiger partial charge in [-0.2, -0.15) is 4.57 Å². The number of carbonyl (C=O) groups is 2. The highest BCUT2D eigenvalue weighted by Crippen LogP contribution is 2.32. The number of halogens is 1. The molecule has 0 aliphatic carbocycles. The number of nitrogens with zero attached hydrogens (tertiary/aromatic N) is 3. The van der Waals surface area contributed by atoms with Gasteiger partial charge in [0, 0.05) is 24.4 Å².